The first-order valence-electron chi connectivity index (χ1n) is 6.49. The van der Waals surface area contributed by atoms with Crippen LogP contribution in [0.2, 0.25) is 0 Å². The Bertz CT molecular complexity index is 609. The molecule has 2 aromatic carbocycles. The number of phenolic OH excluding ortho intramolecular Hbond substituents is 1. The summed E-state index contributed by atoms with van der Waals surface area (Å²) >= 11 is 0. The molecule has 1 amide bonds. The molecule has 5 heteroatoms. The molecule has 1 unspecified atom stereocenters. The van der Waals surface area contributed by atoms with Crippen LogP contribution in [0.5, 0.6) is 11.5 Å². The van der Waals surface area contributed by atoms with Crippen molar-refractivity contribution >= 4 is 12.1 Å². The lowest BCUT2D eigenvalue weighted by molar-refractivity contribution is -0.127. The number of amides is 1. The molecule has 0 radical (unpaired) electrons. The Labute approximate surface area is 122 Å². The van der Waals surface area contributed by atoms with E-state index in [0.29, 0.717) is 5.75 Å². The van der Waals surface area contributed by atoms with E-state index in [9.17, 15) is 4.79 Å². The van der Waals surface area contributed by atoms with E-state index in [1.807, 2.05) is 18.2 Å². The Morgan fingerprint density at radius 2 is 1.86 bits per heavy atom. The molecule has 21 heavy (non-hydrogen) atoms. The van der Waals surface area contributed by atoms with Crippen molar-refractivity contribution in [3.8, 4) is 11.5 Å². The van der Waals surface area contributed by atoms with E-state index < -0.39 is 6.10 Å². The van der Waals surface area contributed by atoms with Gasteiger partial charge in [0.25, 0.3) is 5.91 Å². The Morgan fingerprint density at radius 1 is 1.19 bits per heavy atom. The normalized spacial score (nSPS) is 12.0. The number of phenols is 1. The molecule has 1 atom stereocenters. The van der Waals surface area contributed by atoms with Crippen LogP contribution in [-0.2, 0) is 4.79 Å². The minimum Gasteiger partial charge on any atom is -0.508 e. The molecule has 2 rings (SSSR count). The molecule has 0 saturated heterocycles. The third kappa shape index (κ3) is 4.65. The molecule has 2 aromatic rings. The number of carbonyl (C=O) groups excluding carboxylic acids is 1. The largest absolute Gasteiger partial charge is 0.508 e. The van der Waals surface area contributed by atoms with E-state index in [-0.39, 0.29) is 11.7 Å². The second-order valence-corrected chi connectivity index (χ2v) is 4.40. The monoisotopic (exact) mass is 284 g/mol. The average Bonchev–Trinajstić information content (AvgIpc) is 2.50. The Balaban J connectivity index is 1.85. The highest BCUT2D eigenvalue weighted by Gasteiger charge is 2.13. The lowest BCUT2D eigenvalue weighted by Gasteiger charge is -2.12. The smallest absolute Gasteiger partial charge is 0.280 e. The van der Waals surface area contributed by atoms with Crippen LogP contribution in [0.1, 0.15) is 12.5 Å². The Morgan fingerprint density at radius 3 is 2.52 bits per heavy atom. The number of ether oxygens (including phenoxy) is 1. The van der Waals surface area contributed by atoms with Gasteiger partial charge in [0.2, 0.25) is 0 Å². The van der Waals surface area contributed by atoms with Gasteiger partial charge in [-0.3, -0.25) is 4.79 Å². The molecular weight excluding hydrogens is 268 g/mol. The highest BCUT2D eigenvalue weighted by atomic mass is 16.5. The predicted octanol–water partition coefficient (Wildman–Crippen LogP) is 2.31. The number of para-hydroxylation sites is 1. The molecule has 0 bridgehead atoms. The number of benzene rings is 2. The fourth-order valence-electron chi connectivity index (χ4n) is 1.58. The molecule has 5 nitrogen and oxygen atoms in total. The van der Waals surface area contributed by atoms with Crippen molar-refractivity contribution in [1.82, 2.24) is 5.43 Å². The number of nitrogens with one attached hydrogen (secondary N) is 1. The highest BCUT2D eigenvalue weighted by molar-refractivity contribution is 5.84. The first-order chi connectivity index (χ1) is 10.1. The van der Waals surface area contributed by atoms with Crippen LogP contribution in [-0.4, -0.2) is 23.3 Å². The zero-order valence-electron chi connectivity index (χ0n) is 11.6. The summed E-state index contributed by atoms with van der Waals surface area (Å²) in [6.45, 7) is 1.65. The SMILES string of the molecule is CC(Oc1ccccc1)C(=O)N/N=C\c1ccc(O)cc1. The van der Waals surface area contributed by atoms with Gasteiger partial charge in [-0.25, -0.2) is 5.43 Å². The van der Waals surface area contributed by atoms with Gasteiger partial charge in [-0.1, -0.05) is 18.2 Å². The lowest BCUT2D eigenvalue weighted by atomic mass is 10.2. The predicted molar refractivity (Wildman–Crippen MR) is 80.4 cm³/mol. The van der Waals surface area contributed by atoms with Crippen LogP contribution in [0, 0.1) is 0 Å². The van der Waals surface area contributed by atoms with Crippen LogP contribution >= 0.6 is 0 Å². The van der Waals surface area contributed by atoms with E-state index >= 15 is 0 Å². The van der Waals surface area contributed by atoms with Gasteiger partial charge in [0.1, 0.15) is 11.5 Å². The van der Waals surface area contributed by atoms with Crippen molar-refractivity contribution in [2.45, 2.75) is 13.0 Å². The van der Waals surface area contributed by atoms with E-state index in [1.54, 1.807) is 43.3 Å². The molecule has 0 fully saturated rings. The van der Waals surface area contributed by atoms with E-state index in [4.69, 9.17) is 9.84 Å². The fraction of sp³-hybridized carbons (Fsp3) is 0.125. The number of hydrogen-bond donors (Lipinski definition) is 2. The summed E-state index contributed by atoms with van der Waals surface area (Å²) in [5.74, 6) is 0.470. The van der Waals surface area contributed by atoms with E-state index in [0.717, 1.165) is 5.56 Å². The standard InChI is InChI=1S/C16H16N2O3/c1-12(21-15-5-3-2-4-6-15)16(20)18-17-11-13-7-9-14(19)10-8-13/h2-12,19H,1H3,(H,18,20)/b17-11-. The zero-order chi connectivity index (χ0) is 15.1. The van der Waals surface area contributed by atoms with Gasteiger partial charge in [-0.05, 0) is 48.9 Å². The molecule has 2 N–H and O–H groups in total. The van der Waals surface area contributed by atoms with Crippen molar-refractivity contribution in [1.29, 1.82) is 0 Å². The molecule has 0 saturated carbocycles. The van der Waals surface area contributed by atoms with Gasteiger partial charge in [0.15, 0.2) is 6.10 Å². The zero-order valence-corrected chi connectivity index (χ0v) is 11.6. The summed E-state index contributed by atoms with van der Waals surface area (Å²) in [7, 11) is 0. The minimum absolute atomic E-state index is 0.182. The summed E-state index contributed by atoms with van der Waals surface area (Å²) < 4.78 is 5.48. The van der Waals surface area contributed by atoms with Crippen LogP contribution in [0.25, 0.3) is 0 Å². The first-order valence-corrected chi connectivity index (χ1v) is 6.49. The minimum atomic E-state index is -0.649. The maximum Gasteiger partial charge on any atom is 0.280 e. The molecular formula is C16H16N2O3. The Kier molecular flexibility index (Phi) is 4.93. The van der Waals surface area contributed by atoms with Crippen LogP contribution in [0.15, 0.2) is 59.7 Å². The Hall–Kier alpha value is -2.82. The molecule has 0 aliphatic heterocycles. The van der Waals surface area contributed by atoms with Crippen molar-refractivity contribution in [2.24, 2.45) is 5.10 Å². The summed E-state index contributed by atoms with van der Waals surface area (Å²) in [4.78, 5) is 11.8. The molecule has 0 aromatic heterocycles. The third-order valence-corrected chi connectivity index (χ3v) is 2.71. The van der Waals surface area contributed by atoms with Gasteiger partial charge in [0, 0.05) is 0 Å². The molecule has 0 spiro atoms. The van der Waals surface area contributed by atoms with E-state index in [1.165, 1.54) is 6.21 Å². The number of hydrogen-bond acceptors (Lipinski definition) is 4. The molecule has 108 valence electrons. The number of hydrazone groups is 1. The first kappa shape index (κ1) is 14.6. The molecule has 0 aliphatic carbocycles. The van der Waals surface area contributed by atoms with Gasteiger partial charge in [0.05, 0.1) is 6.21 Å². The van der Waals surface area contributed by atoms with Crippen LogP contribution in [0.4, 0.5) is 0 Å². The van der Waals surface area contributed by atoms with Crippen molar-refractivity contribution < 1.29 is 14.6 Å². The van der Waals surface area contributed by atoms with Gasteiger partial charge in [-0.15, -0.1) is 0 Å². The highest BCUT2D eigenvalue weighted by Crippen LogP contribution is 2.10. The number of carbonyl (C=O) groups is 1. The second-order valence-electron chi connectivity index (χ2n) is 4.40. The van der Waals surface area contributed by atoms with Crippen molar-refractivity contribution in [3.63, 3.8) is 0 Å². The summed E-state index contributed by atoms with van der Waals surface area (Å²) in [5.41, 5.74) is 3.18. The summed E-state index contributed by atoms with van der Waals surface area (Å²) in [6.07, 6.45) is 0.844. The number of aromatic hydroxyl groups is 1. The third-order valence-electron chi connectivity index (χ3n) is 2.71. The van der Waals surface area contributed by atoms with Gasteiger partial charge >= 0.3 is 0 Å². The number of rotatable bonds is 5. The maximum absolute atomic E-state index is 11.8. The van der Waals surface area contributed by atoms with Crippen LogP contribution in [0.3, 0.4) is 0 Å². The summed E-state index contributed by atoms with van der Waals surface area (Å²) in [5, 5.41) is 13.0. The van der Waals surface area contributed by atoms with Crippen molar-refractivity contribution in [3.05, 3.63) is 60.2 Å². The molecule has 0 aliphatic rings. The molecule has 0 heterocycles. The van der Waals surface area contributed by atoms with Crippen LogP contribution < -0.4 is 10.2 Å². The van der Waals surface area contributed by atoms with Gasteiger partial charge < -0.3 is 9.84 Å². The maximum atomic E-state index is 11.8. The quantitative estimate of drug-likeness (QED) is 0.654. The summed E-state index contributed by atoms with van der Waals surface area (Å²) in [6, 6.07) is 15.6. The lowest BCUT2D eigenvalue weighted by Crippen LogP contribution is -2.33. The van der Waals surface area contributed by atoms with Crippen molar-refractivity contribution in [2.75, 3.05) is 0 Å². The topological polar surface area (TPSA) is 70.9 Å². The van der Waals surface area contributed by atoms with E-state index in [2.05, 4.69) is 10.5 Å². The fourth-order valence-corrected chi connectivity index (χ4v) is 1.58. The average molecular weight is 284 g/mol. The van der Waals surface area contributed by atoms with Gasteiger partial charge in [-0.2, -0.15) is 5.10 Å². The second kappa shape index (κ2) is 7.09. The number of nitrogens with zero attached hydrogens (tertiary/aromatic N) is 1.